The van der Waals surface area contributed by atoms with E-state index in [-0.39, 0.29) is 18.2 Å². The normalized spacial score (nSPS) is 14.4. The summed E-state index contributed by atoms with van der Waals surface area (Å²) in [6.45, 7) is 1.93. The number of imide groups is 1. The molecule has 0 unspecified atom stereocenters. The lowest BCUT2D eigenvalue weighted by atomic mass is 9.98. The highest BCUT2D eigenvalue weighted by atomic mass is 79.9. The van der Waals surface area contributed by atoms with Crippen LogP contribution in [0, 0.1) is 6.92 Å². The topological polar surface area (TPSA) is 37.4 Å². The van der Waals surface area contributed by atoms with E-state index in [0.29, 0.717) is 11.3 Å². The molecule has 20 heavy (non-hydrogen) atoms. The highest BCUT2D eigenvalue weighted by molar-refractivity contribution is 9.10. The van der Waals surface area contributed by atoms with Crippen LogP contribution >= 0.6 is 15.9 Å². The molecule has 0 atom stereocenters. The number of rotatable bonds is 1. The number of fused-ring (bicyclic) bond motifs is 1. The lowest BCUT2D eigenvalue weighted by Crippen LogP contribution is -2.42. The van der Waals surface area contributed by atoms with E-state index in [1.165, 1.54) is 4.90 Å². The number of hydrogen-bond acceptors (Lipinski definition) is 2. The summed E-state index contributed by atoms with van der Waals surface area (Å²) >= 11 is 3.42. The molecular formula is C16H12BrNO2. The Morgan fingerprint density at radius 3 is 2.60 bits per heavy atom. The van der Waals surface area contributed by atoms with Gasteiger partial charge in [0.1, 0.15) is 0 Å². The molecule has 0 saturated carbocycles. The molecule has 0 radical (unpaired) electrons. The quantitative estimate of drug-likeness (QED) is 0.751. The maximum Gasteiger partial charge on any atom is 0.265 e. The second-order valence-electron chi connectivity index (χ2n) is 4.80. The molecule has 1 heterocycles. The second-order valence-corrected chi connectivity index (χ2v) is 5.66. The zero-order valence-corrected chi connectivity index (χ0v) is 12.5. The van der Waals surface area contributed by atoms with Crippen molar-refractivity contribution in [2.75, 3.05) is 4.90 Å². The number of carbonyl (C=O) groups is 2. The molecular weight excluding hydrogens is 318 g/mol. The van der Waals surface area contributed by atoms with Gasteiger partial charge in [0, 0.05) is 10.0 Å². The Bertz CT molecular complexity index is 724. The number of amides is 2. The van der Waals surface area contributed by atoms with Crippen LogP contribution in [0.1, 0.15) is 21.5 Å². The molecule has 0 fully saturated rings. The summed E-state index contributed by atoms with van der Waals surface area (Å²) in [5.74, 6) is -0.436. The van der Waals surface area contributed by atoms with Crippen molar-refractivity contribution < 1.29 is 9.59 Å². The number of hydrogen-bond donors (Lipinski definition) is 0. The van der Waals surface area contributed by atoms with Crippen LogP contribution in [0.2, 0.25) is 0 Å². The van der Waals surface area contributed by atoms with Crippen LogP contribution in [0.15, 0.2) is 46.9 Å². The van der Waals surface area contributed by atoms with Crippen molar-refractivity contribution in [2.24, 2.45) is 0 Å². The predicted molar refractivity (Wildman–Crippen MR) is 80.8 cm³/mol. The van der Waals surface area contributed by atoms with E-state index in [0.717, 1.165) is 15.6 Å². The largest absolute Gasteiger partial charge is 0.274 e. The van der Waals surface area contributed by atoms with Crippen LogP contribution in [0.5, 0.6) is 0 Å². The maximum atomic E-state index is 12.5. The Balaban J connectivity index is 2.08. The maximum absolute atomic E-state index is 12.5. The third-order valence-electron chi connectivity index (χ3n) is 3.44. The fourth-order valence-corrected chi connectivity index (χ4v) is 2.63. The van der Waals surface area contributed by atoms with Crippen molar-refractivity contribution in [3.05, 3.63) is 63.6 Å². The van der Waals surface area contributed by atoms with Gasteiger partial charge in [-0.15, -0.1) is 0 Å². The van der Waals surface area contributed by atoms with Gasteiger partial charge in [-0.25, -0.2) is 4.90 Å². The van der Waals surface area contributed by atoms with Crippen LogP contribution in [0.3, 0.4) is 0 Å². The van der Waals surface area contributed by atoms with Crippen molar-refractivity contribution in [2.45, 2.75) is 13.3 Å². The molecule has 1 aliphatic rings. The summed E-state index contributed by atoms with van der Waals surface area (Å²) < 4.78 is 0.957. The first-order valence-electron chi connectivity index (χ1n) is 6.29. The predicted octanol–water partition coefficient (Wildman–Crippen LogP) is 3.49. The number of aryl methyl sites for hydroxylation is 1. The second kappa shape index (κ2) is 4.87. The van der Waals surface area contributed by atoms with E-state index in [4.69, 9.17) is 0 Å². The zero-order chi connectivity index (χ0) is 14.3. The van der Waals surface area contributed by atoms with Gasteiger partial charge in [-0.05, 0) is 42.3 Å². The monoisotopic (exact) mass is 329 g/mol. The summed E-state index contributed by atoms with van der Waals surface area (Å²) in [5.41, 5.74) is 3.01. The van der Waals surface area contributed by atoms with Crippen molar-refractivity contribution in [3.8, 4) is 0 Å². The first-order chi connectivity index (χ1) is 9.58. The van der Waals surface area contributed by atoms with E-state index in [2.05, 4.69) is 15.9 Å². The molecule has 0 spiro atoms. The van der Waals surface area contributed by atoms with Gasteiger partial charge in [0.15, 0.2) is 0 Å². The smallest absolute Gasteiger partial charge is 0.265 e. The summed E-state index contributed by atoms with van der Waals surface area (Å²) in [7, 11) is 0. The van der Waals surface area contributed by atoms with E-state index in [1.807, 2.05) is 37.3 Å². The molecule has 2 aromatic rings. The minimum absolute atomic E-state index is 0.185. The molecule has 0 aromatic heterocycles. The highest BCUT2D eigenvalue weighted by Crippen LogP contribution is 2.28. The van der Waals surface area contributed by atoms with Crippen molar-refractivity contribution >= 4 is 33.4 Å². The van der Waals surface area contributed by atoms with Crippen molar-refractivity contribution in [1.29, 1.82) is 0 Å². The van der Waals surface area contributed by atoms with Gasteiger partial charge in [0.25, 0.3) is 5.91 Å². The summed E-state index contributed by atoms with van der Waals surface area (Å²) in [6.07, 6.45) is 0.261. The number of nitrogens with zero attached hydrogens (tertiary/aromatic N) is 1. The van der Waals surface area contributed by atoms with Crippen LogP contribution in [0.4, 0.5) is 5.69 Å². The lowest BCUT2D eigenvalue weighted by molar-refractivity contribution is -0.117. The third-order valence-corrected chi connectivity index (χ3v) is 4.33. The standard InChI is InChI=1S/C16H12BrNO2/c1-10-8-12(6-7-14(10)17)18-15(19)9-11-4-2-3-5-13(11)16(18)20/h2-8H,9H2,1H3. The van der Waals surface area contributed by atoms with Gasteiger partial charge in [-0.3, -0.25) is 9.59 Å². The Hall–Kier alpha value is -1.94. The number of anilines is 1. The fourth-order valence-electron chi connectivity index (χ4n) is 2.39. The minimum atomic E-state index is -0.251. The Kier molecular flexibility index (Phi) is 3.18. The SMILES string of the molecule is Cc1cc(N2C(=O)Cc3ccccc3C2=O)ccc1Br. The highest BCUT2D eigenvalue weighted by Gasteiger charge is 2.31. The molecule has 4 heteroatoms. The average Bonchev–Trinajstić information content (AvgIpc) is 2.43. The third kappa shape index (κ3) is 2.06. The van der Waals surface area contributed by atoms with E-state index >= 15 is 0 Å². The number of carbonyl (C=O) groups excluding carboxylic acids is 2. The van der Waals surface area contributed by atoms with E-state index in [1.54, 1.807) is 12.1 Å². The zero-order valence-electron chi connectivity index (χ0n) is 10.9. The molecule has 0 N–H and O–H groups in total. The molecule has 0 bridgehead atoms. The molecule has 2 aromatic carbocycles. The molecule has 1 aliphatic heterocycles. The Labute approximate surface area is 125 Å². The van der Waals surface area contributed by atoms with Gasteiger partial charge < -0.3 is 0 Å². The minimum Gasteiger partial charge on any atom is -0.274 e. The van der Waals surface area contributed by atoms with Gasteiger partial charge in [-0.1, -0.05) is 34.1 Å². The van der Waals surface area contributed by atoms with Crippen LogP contribution in [0.25, 0.3) is 0 Å². The molecule has 0 aliphatic carbocycles. The van der Waals surface area contributed by atoms with E-state index < -0.39 is 0 Å². The Morgan fingerprint density at radius 2 is 1.85 bits per heavy atom. The van der Waals surface area contributed by atoms with Crippen LogP contribution in [-0.4, -0.2) is 11.8 Å². The van der Waals surface area contributed by atoms with Crippen LogP contribution < -0.4 is 4.90 Å². The fraction of sp³-hybridized carbons (Fsp3) is 0.125. The molecule has 100 valence electrons. The first-order valence-corrected chi connectivity index (χ1v) is 7.08. The van der Waals surface area contributed by atoms with Crippen molar-refractivity contribution in [3.63, 3.8) is 0 Å². The van der Waals surface area contributed by atoms with Crippen molar-refractivity contribution in [1.82, 2.24) is 0 Å². The number of halogens is 1. The first kappa shape index (κ1) is 13.1. The molecule has 3 nitrogen and oxygen atoms in total. The van der Waals surface area contributed by atoms with Gasteiger partial charge in [0.2, 0.25) is 5.91 Å². The molecule has 2 amide bonds. The molecule has 0 saturated heterocycles. The van der Waals surface area contributed by atoms with Gasteiger partial charge in [0.05, 0.1) is 12.1 Å². The lowest BCUT2D eigenvalue weighted by Gasteiger charge is -2.27. The average molecular weight is 330 g/mol. The summed E-state index contributed by atoms with van der Waals surface area (Å²) in [6, 6.07) is 12.7. The Morgan fingerprint density at radius 1 is 1.10 bits per heavy atom. The van der Waals surface area contributed by atoms with Gasteiger partial charge >= 0.3 is 0 Å². The summed E-state index contributed by atoms with van der Waals surface area (Å²) in [5, 5.41) is 0. The number of benzene rings is 2. The van der Waals surface area contributed by atoms with Crippen LogP contribution in [-0.2, 0) is 11.2 Å². The van der Waals surface area contributed by atoms with Gasteiger partial charge in [-0.2, -0.15) is 0 Å². The van der Waals surface area contributed by atoms with E-state index in [9.17, 15) is 9.59 Å². The molecule has 3 rings (SSSR count). The summed E-state index contributed by atoms with van der Waals surface area (Å²) in [4.78, 5) is 26.0.